The van der Waals surface area contributed by atoms with Crippen LogP contribution >= 0.6 is 0 Å². The first-order valence-electron chi connectivity index (χ1n) is 7.38. The number of hydrogen-bond donors (Lipinski definition) is 0. The quantitative estimate of drug-likeness (QED) is 0.630. The Bertz CT molecular complexity index is 764. The largest absolute Gasteiger partial charge is 0.497 e. The van der Waals surface area contributed by atoms with Crippen molar-refractivity contribution in [1.29, 1.82) is 0 Å². The molecule has 1 aliphatic heterocycles. The number of ether oxygens (including phenoxy) is 4. The summed E-state index contributed by atoms with van der Waals surface area (Å²) in [6.45, 7) is 5.75. The molecule has 0 saturated carbocycles. The van der Waals surface area contributed by atoms with E-state index in [0.29, 0.717) is 34.3 Å². The molecule has 0 amide bonds. The molecular formula is C18H18O5. The number of esters is 1. The number of hydrogen-bond acceptors (Lipinski definition) is 5. The summed E-state index contributed by atoms with van der Waals surface area (Å²) in [5, 5.41) is 0. The van der Waals surface area contributed by atoms with E-state index in [2.05, 4.69) is 0 Å². The molecule has 120 valence electrons. The summed E-state index contributed by atoms with van der Waals surface area (Å²) in [7, 11) is 1.55. The Morgan fingerprint density at radius 1 is 1.04 bits per heavy atom. The third kappa shape index (κ3) is 2.82. The van der Waals surface area contributed by atoms with Gasteiger partial charge in [0.05, 0.1) is 13.2 Å². The molecule has 0 aliphatic carbocycles. The van der Waals surface area contributed by atoms with E-state index in [0.717, 1.165) is 5.56 Å². The van der Waals surface area contributed by atoms with Crippen molar-refractivity contribution < 1.29 is 23.7 Å². The second-order valence-electron chi connectivity index (χ2n) is 5.54. The second-order valence-corrected chi connectivity index (χ2v) is 5.54. The minimum absolute atomic E-state index is 0.0287. The highest BCUT2D eigenvalue weighted by Crippen LogP contribution is 2.43. The topological polar surface area (TPSA) is 54.0 Å². The maximum absolute atomic E-state index is 12.4. The van der Waals surface area contributed by atoms with Crippen molar-refractivity contribution in [2.24, 2.45) is 0 Å². The summed E-state index contributed by atoms with van der Waals surface area (Å²) in [6.07, 6.45) is 0.0287. The Morgan fingerprint density at radius 3 is 2.52 bits per heavy atom. The third-order valence-electron chi connectivity index (χ3n) is 3.50. The summed E-state index contributed by atoms with van der Waals surface area (Å²) in [4.78, 5) is 12.4. The van der Waals surface area contributed by atoms with Crippen LogP contribution in [0.5, 0.6) is 28.7 Å². The van der Waals surface area contributed by atoms with Crippen LogP contribution in [-0.4, -0.2) is 19.2 Å². The van der Waals surface area contributed by atoms with E-state index >= 15 is 0 Å². The first kappa shape index (κ1) is 15.2. The number of fused-ring (bicyclic) bond motifs is 2. The maximum Gasteiger partial charge on any atom is 0.347 e. The predicted octanol–water partition coefficient (Wildman–Crippen LogP) is 4.12. The molecule has 5 heteroatoms. The molecule has 0 spiro atoms. The highest BCUT2D eigenvalue weighted by atomic mass is 16.6. The highest BCUT2D eigenvalue weighted by Gasteiger charge is 2.26. The fourth-order valence-corrected chi connectivity index (χ4v) is 2.39. The van der Waals surface area contributed by atoms with Crippen molar-refractivity contribution >= 4 is 5.97 Å². The fraction of sp³-hybridized carbons (Fsp3) is 0.278. The van der Waals surface area contributed by atoms with E-state index < -0.39 is 5.97 Å². The number of benzene rings is 2. The molecule has 0 N–H and O–H groups in total. The minimum atomic E-state index is -0.466. The zero-order chi connectivity index (χ0) is 16.6. The zero-order valence-corrected chi connectivity index (χ0v) is 13.5. The molecule has 1 heterocycles. The molecule has 3 rings (SSSR count). The molecule has 5 nitrogen and oxygen atoms in total. The Labute approximate surface area is 134 Å². The zero-order valence-electron chi connectivity index (χ0n) is 13.5. The van der Waals surface area contributed by atoms with Crippen LogP contribution in [0.2, 0.25) is 0 Å². The number of rotatable bonds is 3. The van der Waals surface area contributed by atoms with Gasteiger partial charge in [-0.3, -0.25) is 0 Å². The lowest BCUT2D eigenvalue weighted by atomic mass is 10.1. The van der Waals surface area contributed by atoms with Crippen LogP contribution < -0.4 is 18.9 Å². The Balaban J connectivity index is 2.09. The van der Waals surface area contributed by atoms with Gasteiger partial charge in [-0.2, -0.15) is 0 Å². The van der Waals surface area contributed by atoms with Gasteiger partial charge in [-0.15, -0.1) is 0 Å². The van der Waals surface area contributed by atoms with E-state index in [9.17, 15) is 4.79 Å². The molecular weight excluding hydrogens is 296 g/mol. The van der Waals surface area contributed by atoms with E-state index in [1.165, 1.54) is 0 Å². The first-order valence-corrected chi connectivity index (χ1v) is 7.38. The molecule has 23 heavy (non-hydrogen) atoms. The van der Waals surface area contributed by atoms with E-state index in [4.69, 9.17) is 18.9 Å². The lowest BCUT2D eigenvalue weighted by molar-refractivity contribution is 0.0737. The van der Waals surface area contributed by atoms with Gasteiger partial charge in [0.15, 0.2) is 11.5 Å². The standard InChI is InChI=1S/C18H18O5/c1-10(2)21-14-8-6-13-17(11(14)3)22-15-7-5-12(20-4)9-16(15)23-18(13)19/h5-10H,1-4H3. The van der Waals surface area contributed by atoms with Crippen LogP contribution in [0.1, 0.15) is 29.8 Å². The summed E-state index contributed by atoms with van der Waals surface area (Å²) in [5.74, 6) is 2.05. The Kier molecular flexibility index (Phi) is 3.86. The predicted molar refractivity (Wildman–Crippen MR) is 85.0 cm³/mol. The van der Waals surface area contributed by atoms with Crippen LogP contribution in [0.15, 0.2) is 30.3 Å². The van der Waals surface area contributed by atoms with Gasteiger partial charge < -0.3 is 18.9 Å². The van der Waals surface area contributed by atoms with E-state index in [1.54, 1.807) is 37.4 Å². The van der Waals surface area contributed by atoms with Crippen LogP contribution in [0.3, 0.4) is 0 Å². The van der Waals surface area contributed by atoms with Crippen molar-refractivity contribution in [3.8, 4) is 28.7 Å². The molecule has 0 saturated heterocycles. The van der Waals surface area contributed by atoms with Crippen LogP contribution in [-0.2, 0) is 0 Å². The summed E-state index contributed by atoms with van der Waals surface area (Å²) in [5.41, 5.74) is 1.13. The molecule has 0 aromatic heterocycles. The fourth-order valence-electron chi connectivity index (χ4n) is 2.39. The molecule has 0 bridgehead atoms. The van der Waals surface area contributed by atoms with Gasteiger partial charge in [-0.05, 0) is 45.0 Å². The Hall–Kier alpha value is -2.69. The molecule has 2 aromatic rings. The SMILES string of the molecule is COc1ccc2c(c1)OC(=O)c1ccc(OC(C)C)c(C)c1O2. The minimum Gasteiger partial charge on any atom is -0.497 e. The molecule has 1 aliphatic rings. The van der Waals surface area contributed by atoms with Crippen molar-refractivity contribution in [1.82, 2.24) is 0 Å². The maximum atomic E-state index is 12.4. The normalized spacial score (nSPS) is 12.7. The van der Waals surface area contributed by atoms with Gasteiger partial charge in [0.1, 0.15) is 22.8 Å². The molecule has 0 atom stereocenters. The third-order valence-corrected chi connectivity index (χ3v) is 3.50. The van der Waals surface area contributed by atoms with Crippen molar-refractivity contribution in [2.45, 2.75) is 26.9 Å². The first-order chi connectivity index (χ1) is 11.0. The average molecular weight is 314 g/mol. The van der Waals surface area contributed by atoms with Crippen LogP contribution in [0.4, 0.5) is 0 Å². The summed E-state index contributed by atoms with van der Waals surface area (Å²) < 4.78 is 22.3. The van der Waals surface area contributed by atoms with Crippen molar-refractivity contribution in [2.75, 3.05) is 7.11 Å². The van der Waals surface area contributed by atoms with E-state index in [1.807, 2.05) is 20.8 Å². The summed E-state index contributed by atoms with van der Waals surface area (Å²) in [6, 6.07) is 8.51. The van der Waals surface area contributed by atoms with Gasteiger partial charge in [-0.25, -0.2) is 4.79 Å². The lowest BCUT2D eigenvalue weighted by Gasteiger charge is -2.16. The molecule has 2 aromatic carbocycles. The van der Waals surface area contributed by atoms with Gasteiger partial charge in [0.2, 0.25) is 0 Å². The van der Waals surface area contributed by atoms with E-state index in [-0.39, 0.29) is 6.10 Å². The number of carbonyl (C=O) groups is 1. The molecule has 0 radical (unpaired) electrons. The molecule has 0 fully saturated rings. The number of carbonyl (C=O) groups excluding carboxylic acids is 1. The second kappa shape index (κ2) is 5.83. The molecule has 0 unspecified atom stereocenters. The average Bonchev–Trinajstić information content (AvgIpc) is 2.65. The van der Waals surface area contributed by atoms with Crippen LogP contribution in [0.25, 0.3) is 0 Å². The highest BCUT2D eigenvalue weighted by molar-refractivity contribution is 5.96. The van der Waals surface area contributed by atoms with Crippen molar-refractivity contribution in [3.05, 3.63) is 41.5 Å². The van der Waals surface area contributed by atoms with Gasteiger partial charge in [0, 0.05) is 11.6 Å². The lowest BCUT2D eigenvalue weighted by Crippen LogP contribution is -2.10. The monoisotopic (exact) mass is 314 g/mol. The van der Waals surface area contributed by atoms with Crippen LogP contribution in [0, 0.1) is 6.92 Å². The van der Waals surface area contributed by atoms with Gasteiger partial charge in [-0.1, -0.05) is 0 Å². The van der Waals surface area contributed by atoms with Gasteiger partial charge >= 0.3 is 5.97 Å². The Morgan fingerprint density at radius 2 is 1.83 bits per heavy atom. The smallest absolute Gasteiger partial charge is 0.347 e. The van der Waals surface area contributed by atoms with Gasteiger partial charge in [0.25, 0.3) is 0 Å². The number of methoxy groups -OCH3 is 1. The summed E-state index contributed by atoms with van der Waals surface area (Å²) >= 11 is 0. The van der Waals surface area contributed by atoms with Crippen molar-refractivity contribution in [3.63, 3.8) is 0 Å².